The van der Waals surface area contributed by atoms with Crippen LogP contribution < -0.4 is 15.9 Å². The van der Waals surface area contributed by atoms with Gasteiger partial charge in [0.05, 0.1) is 0 Å². The Labute approximate surface area is 228 Å². The van der Waals surface area contributed by atoms with Crippen LogP contribution in [0, 0.1) is 0 Å². The summed E-state index contributed by atoms with van der Waals surface area (Å²) in [6.07, 6.45) is 5.78. The van der Waals surface area contributed by atoms with Crippen molar-refractivity contribution in [3.8, 4) is 0 Å². The average molecular weight is 571 g/mol. The van der Waals surface area contributed by atoms with Crippen LogP contribution in [0.3, 0.4) is 0 Å². The van der Waals surface area contributed by atoms with Crippen molar-refractivity contribution in [2.45, 2.75) is 24.8 Å². The maximum absolute atomic E-state index is 14.0. The number of hydrogen-bond acceptors (Lipinski definition) is 3. The molecule has 0 saturated heterocycles. The summed E-state index contributed by atoms with van der Waals surface area (Å²) in [6.45, 7) is -4.73. The minimum absolute atomic E-state index is 0.0286. The van der Waals surface area contributed by atoms with Crippen molar-refractivity contribution < 1.29 is 25.6 Å². The Kier molecular flexibility index (Phi) is 8.75. The molecule has 8 heteroatoms. The molecule has 0 fully saturated rings. The summed E-state index contributed by atoms with van der Waals surface area (Å²) in [5.74, 6) is 0. The predicted molar refractivity (Wildman–Crippen MR) is 155 cm³/mol. The quantitative estimate of drug-likeness (QED) is 0.112. The zero-order valence-corrected chi connectivity index (χ0v) is 23.0. The second-order valence-corrected chi connectivity index (χ2v) is 15.6. The van der Waals surface area contributed by atoms with Gasteiger partial charge in [-0.15, -0.1) is 0 Å². The van der Waals surface area contributed by atoms with E-state index in [4.69, 9.17) is 3.97 Å². The van der Waals surface area contributed by atoms with Crippen LogP contribution in [0.25, 0.3) is 0 Å². The molecule has 0 aliphatic carbocycles. The van der Waals surface area contributed by atoms with E-state index in [9.17, 15) is 21.6 Å². The second kappa shape index (κ2) is 11.9. The zero-order valence-electron chi connectivity index (χ0n) is 21.2. The van der Waals surface area contributed by atoms with E-state index in [0.29, 0.717) is 22.3 Å². The fraction of sp³-hybridized carbons (Fsp3) is 0.161. The van der Waals surface area contributed by atoms with Crippen LogP contribution in [0.15, 0.2) is 133 Å². The second-order valence-electron chi connectivity index (χ2n) is 9.20. The number of halogens is 3. The number of alkyl halides is 3. The summed E-state index contributed by atoms with van der Waals surface area (Å²) in [7, 11) is -6.01. The van der Waals surface area contributed by atoms with Gasteiger partial charge >= 0.3 is 228 Å². The average Bonchev–Trinajstić information content (AvgIpc) is 2.95. The van der Waals surface area contributed by atoms with Gasteiger partial charge in [0.1, 0.15) is 0 Å². The third kappa shape index (κ3) is 5.86. The van der Waals surface area contributed by atoms with Crippen molar-refractivity contribution in [1.29, 1.82) is 0 Å². The van der Waals surface area contributed by atoms with Gasteiger partial charge in [-0.05, 0) is 0 Å². The molecule has 0 unspecified atom stereocenters. The van der Waals surface area contributed by atoms with Gasteiger partial charge in [0.25, 0.3) is 0 Å². The number of hydrogen-bond donors (Lipinski definition) is 0. The first-order valence-electron chi connectivity index (χ1n) is 12.6. The first-order chi connectivity index (χ1) is 18.7. The van der Waals surface area contributed by atoms with Crippen LogP contribution in [-0.2, 0) is 20.5 Å². The topological polar surface area (TPSA) is 43.4 Å². The molecule has 0 amide bonds. The molecule has 0 saturated carbocycles. The van der Waals surface area contributed by atoms with E-state index >= 15 is 0 Å². The number of allylic oxidation sites excluding steroid dienone is 2. The SMILES string of the molecule is O=S(=O)(OP(CC/C=C\CCc1ccccc1)(c1ccccc1)(c1ccccc1)c1ccccc1)C(F)(F)F. The van der Waals surface area contributed by atoms with E-state index < -0.39 is 22.5 Å². The van der Waals surface area contributed by atoms with E-state index in [1.165, 1.54) is 5.56 Å². The van der Waals surface area contributed by atoms with Gasteiger partial charge in [0, 0.05) is 0 Å². The first kappa shape index (κ1) is 28.8. The van der Waals surface area contributed by atoms with Gasteiger partial charge in [-0.2, -0.15) is 0 Å². The Morgan fingerprint density at radius 1 is 0.615 bits per heavy atom. The van der Waals surface area contributed by atoms with Crippen LogP contribution in [0.5, 0.6) is 0 Å². The standard InChI is InChI=1S/C31H30F3O3PS/c32-31(33,34)39(35,36)37-38(28-20-10-4-11-21-28,29-22-12-5-13-23-29,30-24-14-6-15-25-30)26-16-2-1-7-17-27-18-8-3-9-19-27/h1-6,8-15,18-25H,7,16-17,26H2/b2-1-. The monoisotopic (exact) mass is 570 g/mol. The van der Waals surface area contributed by atoms with Gasteiger partial charge in [0.15, 0.2) is 0 Å². The molecule has 0 bridgehead atoms. The van der Waals surface area contributed by atoms with Crippen molar-refractivity contribution in [1.82, 2.24) is 0 Å². The molecular weight excluding hydrogens is 540 g/mol. The molecule has 0 spiro atoms. The van der Waals surface area contributed by atoms with E-state index in [0.717, 1.165) is 12.8 Å². The molecule has 4 aromatic rings. The Hall–Kier alpha value is -3.25. The Morgan fingerprint density at radius 3 is 1.41 bits per heavy atom. The van der Waals surface area contributed by atoms with Gasteiger partial charge in [-0.1, -0.05) is 0 Å². The summed E-state index contributed by atoms with van der Waals surface area (Å²) in [5.41, 5.74) is -4.42. The fourth-order valence-corrected chi connectivity index (χ4v) is 13.1. The summed E-state index contributed by atoms with van der Waals surface area (Å²) < 4.78 is 73.7. The fourth-order valence-electron chi connectivity index (χ4n) is 4.94. The first-order valence-corrected chi connectivity index (χ1v) is 16.3. The normalized spacial score (nSPS) is 13.7. The molecule has 0 aliphatic rings. The molecule has 0 radical (unpaired) electrons. The van der Waals surface area contributed by atoms with Crippen LogP contribution in [-0.4, -0.2) is 20.1 Å². The minimum atomic E-state index is -6.01. The number of aryl methyl sites for hydroxylation is 1. The molecule has 0 atom stereocenters. The van der Waals surface area contributed by atoms with Gasteiger partial charge in [0.2, 0.25) is 0 Å². The molecule has 204 valence electrons. The zero-order chi connectivity index (χ0) is 27.8. The van der Waals surface area contributed by atoms with Crippen LogP contribution in [0.4, 0.5) is 13.2 Å². The Bertz CT molecular complexity index is 1380. The molecule has 4 aromatic carbocycles. The molecule has 3 nitrogen and oxygen atoms in total. The van der Waals surface area contributed by atoms with Crippen molar-refractivity contribution in [2.75, 3.05) is 6.16 Å². The summed E-state index contributed by atoms with van der Waals surface area (Å²) in [6, 6.07) is 35.4. The van der Waals surface area contributed by atoms with Crippen LogP contribution in [0.1, 0.15) is 18.4 Å². The molecule has 39 heavy (non-hydrogen) atoms. The molecule has 0 aliphatic heterocycles. The van der Waals surface area contributed by atoms with Gasteiger partial charge in [-0.25, -0.2) is 0 Å². The summed E-state index contributed by atoms with van der Waals surface area (Å²) in [4.78, 5) is 0. The number of benzene rings is 4. The molecule has 0 aromatic heterocycles. The van der Waals surface area contributed by atoms with E-state index in [1.54, 1.807) is 91.0 Å². The van der Waals surface area contributed by atoms with Gasteiger partial charge in [-0.3, -0.25) is 0 Å². The molecule has 0 N–H and O–H groups in total. The van der Waals surface area contributed by atoms with E-state index in [1.807, 2.05) is 42.5 Å². The van der Waals surface area contributed by atoms with Crippen molar-refractivity contribution in [2.24, 2.45) is 0 Å². The maximum atomic E-state index is 14.0. The van der Waals surface area contributed by atoms with E-state index in [-0.39, 0.29) is 6.16 Å². The van der Waals surface area contributed by atoms with Crippen molar-refractivity contribution in [3.05, 3.63) is 139 Å². The van der Waals surface area contributed by atoms with Gasteiger partial charge < -0.3 is 0 Å². The molecular formula is C31H30F3O3PS. The number of rotatable bonds is 11. The Morgan fingerprint density at radius 2 is 1.00 bits per heavy atom. The summed E-state index contributed by atoms with van der Waals surface area (Å²) in [5, 5.41) is 1.23. The van der Waals surface area contributed by atoms with E-state index in [2.05, 4.69) is 0 Å². The Balaban J connectivity index is 1.89. The third-order valence-electron chi connectivity index (χ3n) is 6.78. The predicted octanol–water partition coefficient (Wildman–Crippen LogP) is 6.88. The summed E-state index contributed by atoms with van der Waals surface area (Å²) >= 11 is 0. The van der Waals surface area contributed by atoms with Crippen molar-refractivity contribution >= 4 is 32.9 Å². The van der Waals surface area contributed by atoms with Crippen LogP contribution in [0.2, 0.25) is 0 Å². The molecule has 0 heterocycles. The third-order valence-corrected chi connectivity index (χ3v) is 14.7. The van der Waals surface area contributed by atoms with Crippen LogP contribution >= 0.6 is 6.83 Å². The van der Waals surface area contributed by atoms with Crippen molar-refractivity contribution in [3.63, 3.8) is 0 Å². The molecule has 4 rings (SSSR count).